The number of hydrogen-bond acceptors (Lipinski definition) is 4. The van der Waals surface area contributed by atoms with Gasteiger partial charge in [0.1, 0.15) is 0 Å². The maximum atomic E-state index is 12.3. The van der Waals surface area contributed by atoms with Crippen LogP contribution in [-0.2, 0) is 16.1 Å². The van der Waals surface area contributed by atoms with Crippen LogP contribution in [0.4, 0.5) is 0 Å². The number of carbonyl (C=O) groups is 1. The van der Waals surface area contributed by atoms with Gasteiger partial charge in [-0.05, 0) is 49.7 Å². The zero-order valence-electron chi connectivity index (χ0n) is 15.2. The van der Waals surface area contributed by atoms with Crippen LogP contribution in [0, 0.1) is 11.3 Å². The summed E-state index contributed by atoms with van der Waals surface area (Å²) in [7, 11) is 1.79. The Hall–Kier alpha value is -1.46. The van der Waals surface area contributed by atoms with Gasteiger partial charge in [0.15, 0.2) is 0 Å². The van der Waals surface area contributed by atoms with E-state index in [2.05, 4.69) is 26.9 Å². The molecule has 4 rings (SSSR count). The predicted octanol–water partition coefficient (Wildman–Crippen LogP) is 2.32. The van der Waals surface area contributed by atoms with Crippen LogP contribution in [0.25, 0.3) is 0 Å². The Morgan fingerprint density at radius 1 is 1.32 bits per heavy atom. The summed E-state index contributed by atoms with van der Waals surface area (Å²) in [6, 6.07) is 6.58. The van der Waals surface area contributed by atoms with Crippen molar-refractivity contribution in [2.45, 2.75) is 44.7 Å². The number of hydrogen-bond donors (Lipinski definition) is 0. The molecule has 2 aliphatic heterocycles. The van der Waals surface area contributed by atoms with Gasteiger partial charge >= 0.3 is 0 Å². The summed E-state index contributed by atoms with van der Waals surface area (Å²) >= 11 is 0. The van der Waals surface area contributed by atoms with Crippen molar-refractivity contribution in [2.75, 3.05) is 33.4 Å². The van der Waals surface area contributed by atoms with E-state index in [9.17, 15) is 4.79 Å². The predicted molar refractivity (Wildman–Crippen MR) is 95.9 cm³/mol. The Balaban J connectivity index is 1.40. The quantitative estimate of drug-likeness (QED) is 0.823. The third-order valence-electron chi connectivity index (χ3n) is 6.24. The fourth-order valence-electron chi connectivity index (χ4n) is 4.65. The number of piperidine rings is 1. The van der Waals surface area contributed by atoms with Crippen LogP contribution in [0.3, 0.4) is 0 Å². The van der Waals surface area contributed by atoms with Gasteiger partial charge in [-0.3, -0.25) is 14.7 Å². The highest BCUT2D eigenvalue weighted by Gasteiger charge is 2.46. The van der Waals surface area contributed by atoms with Gasteiger partial charge in [0.25, 0.3) is 0 Å². The van der Waals surface area contributed by atoms with Crippen molar-refractivity contribution in [2.24, 2.45) is 11.3 Å². The van der Waals surface area contributed by atoms with Gasteiger partial charge in [-0.15, -0.1) is 0 Å². The van der Waals surface area contributed by atoms with E-state index >= 15 is 0 Å². The molecule has 1 spiro atoms. The van der Waals surface area contributed by atoms with E-state index in [1.165, 1.54) is 6.42 Å². The number of rotatable bonds is 5. The van der Waals surface area contributed by atoms with Gasteiger partial charge in [0, 0.05) is 51.4 Å². The lowest BCUT2D eigenvalue weighted by molar-refractivity contribution is -0.134. The van der Waals surface area contributed by atoms with Crippen LogP contribution in [0.2, 0.25) is 0 Å². The largest absolute Gasteiger partial charge is 0.383 e. The van der Waals surface area contributed by atoms with Crippen LogP contribution in [0.1, 0.15) is 37.8 Å². The standard InChI is InChI=1S/C20H29N3O2/c1-25-14-18-12-20(15-23(18)13-17-4-2-3-9-21-17)7-10-22(11-8-20)19(24)16-5-6-16/h2-4,9,16,18H,5-8,10-15H2,1H3. The van der Waals surface area contributed by atoms with E-state index in [0.29, 0.717) is 23.3 Å². The number of likely N-dealkylation sites (tertiary alicyclic amines) is 2. The zero-order valence-corrected chi connectivity index (χ0v) is 15.2. The molecule has 3 heterocycles. The van der Waals surface area contributed by atoms with Crippen molar-refractivity contribution in [3.05, 3.63) is 30.1 Å². The topological polar surface area (TPSA) is 45.7 Å². The van der Waals surface area contributed by atoms with E-state index in [1.54, 1.807) is 7.11 Å². The van der Waals surface area contributed by atoms with Crippen LogP contribution >= 0.6 is 0 Å². The number of amides is 1. The summed E-state index contributed by atoms with van der Waals surface area (Å²) < 4.78 is 5.50. The molecule has 1 unspecified atom stereocenters. The van der Waals surface area contributed by atoms with Crippen LogP contribution in [0.5, 0.6) is 0 Å². The fraction of sp³-hybridized carbons (Fsp3) is 0.700. The molecular formula is C20H29N3O2. The van der Waals surface area contributed by atoms with Crippen molar-refractivity contribution < 1.29 is 9.53 Å². The Bertz CT molecular complexity index is 594. The number of carbonyl (C=O) groups excluding carboxylic acids is 1. The Morgan fingerprint density at radius 3 is 2.76 bits per heavy atom. The van der Waals surface area contributed by atoms with Crippen LogP contribution in [-0.4, -0.2) is 60.1 Å². The molecule has 1 aromatic rings. The first-order valence-electron chi connectivity index (χ1n) is 9.61. The zero-order chi connectivity index (χ0) is 17.3. The van der Waals surface area contributed by atoms with E-state index in [4.69, 9.17) is 4.74 Å². The number of pyridine rings is 1. The first-order valence-corrected chi connectivity index (χ1v) is 9.61. The molecule has 3 aliphatic rings. The third-order valence-corrected chi connectivity index (χ3v) is 6.24. The summed E-state index contributed by atoms with van der Waals surface area (Å²) in [5, 5.41) is 0. The molecule has 2 saturated heterocycles. The first kappa shape index (κ1) is 17.0. The highest BCUT2D eigenvalue weighted by Crippen LogP contribution is 2.44. The molecule has 1 aromatic heterocycles. The average molecular weight is 343 g/mol. The number of nitrogens with zero attached hydrogens (tertiary/aromatic N) is 3. The highest BCUT2D eigenvalue weighted by molar-refractivity contribution is 5.81. The van der Waals surface area contributed by atoms with Crippen molar-refractivity contribution in [3.8, 4) is 0 Å². The van der Waals surface area contributed by atoms with Crippen molar-refractivity contribution >= 4 is 5.91 Å². The summed E-state index contributed by atoms with van der Waals surface area (Å²) in [4.78, 5) is 21.5. The summed E-state index contributed by atoms with van der Waals surface area (Å²) in [6.07, 6.45) is 7.52. The van der Waals surface area contributed by atoms with Gasteiger partial charge in [-0.25, -0.2) is 0 Å². The minimum Gasteiger partial charge on any atom is -0.383 e. The maximum absolute atomic E-state index is 12.3. The minimum absolute atomic E-state index is 0.346. The molecule has 1 saturated carbocycles. The van der Waals surface area contributed by atoms with Gasteiger partial charge in [-0.1, -0.05) is 6.07 Å². The molecule has 0 radical (unpaired) electrons. The number of ether oxygens (including phenoxy) is 1. The van der Waals surface area contributed by atoms with E-state index < -0.39 is 0 Å². The van der Waals surface area contributed by atoms with Crippen LogP contribution in [0.15, 0.2) is 24.4 Å². The minimum atomic E-state index is 0.346. The second-order valence-electron chi connectivity index (χ2n) is 8.14. The SMILES string of the molecule is COCC1CC2(CCN(C(=O)C3CC3)CC2)CN1Cc1ccccn1. The second kappa shape index (κ2) is 7.04. The lowest BCUT2D eigenvalue weighted by Crippen LogP contribution is -2.44. The lowest BCUT2D eigenvalue weighted by atomic mass is 9.76. The van der Waals surface area contributed by atoms with Gasteiger partial charge < -0.3 is 9.64 Å². The lowest BCUT2D eigenvalue weighted by Gasteiger charge is -2.39. The molecule has 25 heavy (non-hydrogen) atoms. The molecule has 1 atom stereocenters. The summed E-state index contributed by atoms with van der Waals surface area (Å²) in [5.41, 5.74) is 1.47. The molecule has 1 aliphatic carbocycles. The van der Waals surface area contributed by atoms with Crippen molar-refractivity contribution in [1.29, 1.82) is 0 Å². The van der Waals surface area contributed by atoms with Crippen molar-refractivity contribution in [1.82, 2.24) is 14.8 Å². The Labute approximate surface area is 150 Å². The van der Waals surface area contributed by atoms with Crippen LogP contribution < -0.4 is 0 Å². The number of methoxy groups -OCH3 is 1. The molecule has 0 N–H and O–H groups in total. The van der Waals surface area contributed by atoms with E-state index in [1.807, 2.05) is 12.3 Å². The monoisotopic (exact) mass is 343 g/mol. The molecule has 3 fully saturated rings. The molecule has 1 amide bonds. The van der Waals surface area contributed by atoms with E-state index in [0.717, 1.165) is 64.2 Å². The Morgan fingerprint density at radius 2 is 2.12 bits per heavy atom. The molecule has 5 nitrogen and oxygen atoms in total. The normalized spacial score (nSPS) is 26.3. The Kier molecular flexibility index (Phi) is 4.78. The van der Waals surface area contributed by atoms with E-state index in [-0.39, 0.29) is 0 Å². The molecule has 0 aromatic carbocycles. The van der Waals surface area contributed by atoms with Gasteiger partial charge in [-0.2, -0.15) is 0 Å². The van der Waals surface area contributed by atoms with Gasteiger partial charge in [0.05, 0.1) is 12.3 Å². The number of aromatic nitrogens is 1. The third kappa shape index (κ3) is 3.72. The second-order valence-corrected chi connectivity index (χ2v) is 8.14. The molecular weight excluding hydrogens is 314 g/mol. The average Bonchev–Trinajstić information content (AvgIpc) is 3.43. The fourth-order valence-corrected chi connectivity index (χ4v) is 4.65. The summed E-state index contributed by atoms with van der Waals surface area (Å²) in [5.74, 6) is 0.756. The van der Waals surface area contributed by atoms with Crippen molar-refractivity contribution in [3.63, 3.8) is 0 Å². The first-order chi connectivity index (χ1) is 12.2. The highest BCUT2D eigenvalue weighted by atomic mass is 16.5. The molecule has 5 heteroatoms. The van der Waals surface area contributed by atoms with Gasteiger partial charge in [0.2, 0.25) is 5.91 Å². The summed E-state index contributed by atoms with van der Waals surface area (Å²) in [6.45, 7) is 4.64. The molecule has 0 bridgehead atoms. The molecule has 136 valence electrons. The maximum Gasteiger partial charge on any atom is 0.225 e. The smallest absolute Gasteiger partial charge is 0.225 e.